The van der Waals surface area contributed by atoms with Crippen molar-refractivity contribution < 1.29 is 14.3 Å². The first-order chi connectivity index (χ1) is 8.75. The first-order valence-corrected chi connectivity index (χ1v) is 5.42. The van der Waals surface area contributed by atoms with Crippen LogP contribution >= 0.6 is 12.4 Å². The summed E-state index contributed by atoms with van der Waals surface area (Å²) in [6.07, 6.45) is 3.43. The Morgan fingerprint density at radius 3 is 2.74 bits per heavy atom. The first kappa shape index (κ1) is 13.1. The van der Waals surface area contributed by atoms with Crippen molar-refractivity contribution in [2.75, 3.05) is 0 Å². The highest BCUT2D eigenvalue weighted by atomic mass is 35.5. The summed E-state index contributed by atoms with van der Waals surface area (Å²) in [6, 6.07) is 10.8. The maximum absolute atomic E-state index is 10.9. The van der Waals surface area contributed by atoms with Gasteiger partial charge in [0.05, 0.1) is 0 Å². The van der Waals surface area contributed by atoms with Crippen LogP contribution in [0.25, 0.3) is 22.1 Å². The third kappa shape index (κ3) is 2.30. The molecule has 0 aliphatic rings. The molecule has 0 aliphatic carbocycles. The Morgan fingerprint density at radius 2 is 2.05 bits per heavy atom. The number of halogens is 1. The lowest BCUT2D eigenvalue weighted by molar-refractivity contribution is 0.0665. The van der Waals surface area contributed by atoms with Crippen molar-refractivity contribution in [2.45, 2.75) is 0 Å². The highest BCUT2D eigenvalue weighted by molar-refractivity contribution is 5.98. The largest absolute Gasteiger partial charge is 0.475 e. The number of benzene rings is 1. The molecule has 2 heterocycles. The van der Waals surface area contributed by atoms with Crippen LogP contribution in [0.4, 0.5) is 0 Å². The monoisotopic (exact) mass is 275 g/mol. The van der Waals surface area contributed by atoms with E-state index in [9.17, 15) is 4.79 Å². The molecule has 0 aliphatic heterocycles. The summed E-state index contributed by atoms with van der Waals surface area (Å²) >= 11 is 0. The summed E-state index contributed by atoms with van der Waals surface area (Å²) in [5.74, 6) is -1.12. The molecule has 0 bridgehead atoms. The average molecular weight is 276 g/mol. The number of carbonyl (C=O) groups is 1. The summed E-state index contributed by atoms with van der Waals surface area (Å²) in [7, 11) is 0. The summed E-state index contributed by atoms with van der Waals surface area (Å²) in [5, 5.41) is 9.72. The Hall–Kier alpha value is -2.33. The van der Waals surface area contributed by atoms with Crippen molar-refractivity contribution in [1.82, 2.24) is 4.98 Å². The van der Waals surface area contributed by atoms with Gasteiger partial charge < -0.3 is 9.52 Å². The van der Waals surface area contributed by atoms with E-state index in [1.54, 1.807) is 24.5 Å². The molecule has 5 heteroatoms. The Kier molecular flexibility index (Phi) is 3.53. The van der Waals surface area contributed by atoms with E-state index in [-0.39, 0.29) is 18.2 Å². The Balaban J connectivity index is 0.00000133. The van der Waals surface area contributed by atoms with Crippen LogP contribution in [0, 0.1) is 0 Å². The van der Waals surface area contributed by atoms with Gasteiger partial charge in [0.25, 0.3) is 0 Å². The van der Waals surface area contributed by atoms with Gasteiger partial charge in [0.1, 0.15) is 5.58 Å². The predicted molar refractivity (Wildman–Crippen MR) is 73.7 cm³/mol. The van der Waals surface area contributed by atoms with Gasteiger partial charge in [0, 0.05) is 23.3 Å². The second-order valence-corrected chi connectivity index (χ2v) is 3.87. The van der Waals surface area contributed by atoms with Gasteiger partial charge >= 0.3 is 5.97 Å². The van der Waals surface area contributed by atoms with Crippen LogP contribution in [0.1, 0.15) is 10.6 Å². The molecule has 0 radical (unpaired) electrons. The molecule has 0 fully saturated rings. The number of hydrogen-bond donors (Lipinski definition) is 1. The second kappa shape index (κ2) is 5.12. The van der Waals surface area contributed by atoms with Gasteiger partial charge in [-0.3, -0.25) is 4.98 Å². The minimum atomic E-state index is -1.07. The lowest BCUT2D eigenvalue weighted by Crippen LogP contribution is -1.91. The molecule has 0 spiro atoms. The smallest absolute Gasteiger partial charge is 0.371 e. The number of nitrogens with zero attached hydrogens (tertiary/aromatic N) is 1. The molecule has 2 aromatic heterocycles. The van der Waals surface area contributed by atoms with Crippen molar-refractivity contribution in [2.24, 2.45) is 0 Å². The number of carboxylic acids is 1. The summed E-state index contributed by atoms with van der Waals surface area (Å²) < 4.78 is 5.27. The van der Waals surface area contributed by atoms with Crippen LogP contribution in [0.5, 0.6) is 0 Å². The number of fused-ring (bicyclic) bond motifs is 1. The number of aromatic carboxylic acids is 1. The molecule has 0 atom stereocenters. The highest BCUT2D eigenvalue weighted by Crippen LogP contribution is 2.30. The molecule has 3 rings (SSSR count). The zero-order valence-electron chi connectivity index (χ0n) is 9.74. The van der Waals surface area contributed by atoms with E-state index >= 15 is 0 Å². The van der Waals surface area contributed by atoms with Gasteiger partial charge in [-0.2, -0.15) is 0 Å². The van der Waals surface area contributed by atoms with Crippen LogP contribution in [0.2, 0.25) is 0 Å². The van der Waals surface area contributed by atoms with E-state index in [4.69, 9.17) is 9.52 Å². The van der Waals surface area contributed by atoms with Crippen molar-refractivity contribution in [3.8, 4) is 11.1 Å². The van der Waals surface area contributed by atoms with Gasteiger partial charge in [-0.1, -0.05) is 18.2 Å². The fraction of sp³-hybridized carbons (Fsp3) is 0. The molecule has 4 nitrogen and oxygen atoms in total. The quantitative estimate of drug-likeness (QED) is 0.776. The van der Waals surface area contributed by atoms with E-state index in [0.29, 0.717) is 5.58 Å². The molecule has 1 N–H and O–H groups in total. The van der Waals surface area contributed by atoms with Gasteiger partial charge in [0.2, 0.25) is 5.76 Å². The number of pyridine rings is 1. The third-order valence-electron chi connectivity index (χ3n) is 2.74. The highest BCUT2D eigenvalue weighted by Gasteiger charge is 2.13. The minimum Gasteiger partial charge on any atom is -0.475 e. The lowest BCUT2D eigenvalue weighted by Gasteiger charge is -2.01. The van der Waals surface area contributed by atoms with E-state index in [0.717, 1.165) is 16.5 Å². The molecule has 0 saturated carbocycles. The maximum atomic E-state index is 10.9. The molecule has 19 heavy (non-hydrogen) atoms. The summed E-state index contributed by atoms with van der Waals surface area (Å²) in [4.78, 5) is 15.0. The van der Waals surface area contributed by atoms with E-state index in [1.807, 2.05) is 24.3 Å². The zero-order valence-corrected chi connectivity index (χ0v) is 10.6. The first-order valence-electron chi connectivity index (χ1n) is 5.42. The zero-order chi connectivity index (χ0) is 12.5. The van der Waals surface area contributed by atoms with Crippen LogP contribution in [0.3, 0.4) is 0 Å². The molecule has 0 amide bonds. The molecular formula is C14H10ClNO3. The third-order valence-corrected chi connectivity index (χ3v) is 2.74. The average Bonchev–Trinajstić information content (AvgIpc) is 2.83. The molecule has 3 aromatic rings. The van der Waals surface area contributed by atoms with E-state index < -0.39 is 5.97 Å². The normalized spacial score (nSPS) is 10.1. The summed E-state index contributed by atoms with van der Waals surface area (Å²) in [5.41, 5.74) is 2.41. The number of furan rings is 1. The number of aromatic nitrogens is 1. The van der Waals surface area contributed by atoms with E-state index in [1.165, 1.54) is 0 Å². The topological polar surface area (TPSA) is 63.3 Å². The van der Waals surface area contributed by atoms with Crippen molar-refractivity contribution in [1.29, 1.82) is 0 Å². The molecular weight excluding hydrogens is 266 g/mol. The number of rotatable bonds is 2. The predicted octanol–water partition coefficient (Wildman–Crippen LogP) is 3.61. The Labute approximate surface area is 115 Å². The van der Waals surface area contributed by atoms with E-state index in [2.05, 4.69) is 4.98 Å². The molecule has 0 saturated heterocycles. The van der Waals surface area contributed by atoms with Crippen LogP contribution in [-0.4, -0.2) is 16.1 Å². The Morgan fingerprint density at radius 1 is 1.21 bits per heavy atom. The number of hydrogen-bond acceptors (Lipinski definition) is 3. The van der Waals surface area contributed by atoms with Crippen molar-refractivity contribution >= 4 is 29.3 Å². The number of carboxylic acid groups (broad SMARTS) is 1. The van der Waals surface area contributed by atoms with Gasteiger partial charge in [-0.15, -0.1) is 12.4 Å². The van der Waals surface area contributed by atoms with Crippen LogP contribution < -0.4 is 0 Å². The Bertz CT molecular complexity index is 722. The fourth-order valence-corrected chi connectivity index (χ4v) is 1.94. The standard InChI is InChI=1S/C14H9NO3.ClH/c16-14(17)13-7-11-10(4-1-5-12(11)18-13)9-3-2-6-15-8-9;/h1-8H,(H,16,17);1H. The van der Waals surface area contributed by atoms with Gasteiger partial charge in [-0.05, 0) is 23.8 Å². The van der Waals surface area contributed by atoms with Crippen LogP contribution in [-0.2, 0) is 0 Å². The molecule has 96 valence electrons. The second-order valence-electron chi connectivity index (χ2n) is 3.87. The lowest BCUT2D eigenvalue weighted by atomic mass is 10.0. The van der Waals surface area contributed by atoms with Crippen molar-refractivity contribution in [3.63, 3.8) is 0 Å². The minimum absolute atomic E-state index is 0. The molecule has 0 unspecified atom stereocenters. The fourth-order valence-electron chi connectivity index (χ4n) is 1.94. The van der Waals surface area contributed by atoms with Gasteiger partial charge in [0.15, 0.2) is 0 Å². The summed E-state index contributed by atoms with van der Waals surface area (Å²) in [6.45, 7) is 0. The SMILES string of the molecule is Cl.O=C(O)c1cc2c(-c3cccnc3)cccc2o1. The van der Waals surface area contributed by atoms with Crippen LogP contribution in [0.15, 0.2) is 53.2 Å². The maximum Gasteiger partial charge on any atom is 0.371 e. The molecule has 1 aromatic carbocycles. The van der Waals surface area contributed by atoms with Gasteiger partial charge in [-0.25, -0.2) is 4.79 Å². The van der Waals surface area contributed by atoms with Crippen molar-refractivity contribution in [3.05, 3.63) is 54.6 Å².